The molecule has 0 aliphatic carbocycles. The Bertz CT molecular complexity index is 3330. The average Bonchev–Trinajstić information content (AvgIpc) is 3.67. The van der Waals surface area contributed by atoms with Crippen LogP contribution in [0.3, 0.4) is 0 Å². The molecule has 0 spiro atoms. The van der Waals surface area contributed by atoms with Crippen LogP contribution in [0, 0.1) is 0 Å². The van der Waals surface area contributed by atoms with Crippen LogP contribution in [0.5, 0.6) is 0 Å². The second-order valence-electron chi connectivity index (χ2n) is 15.7. The number of aromatic nitrogens is 1. The number of rotatable bonds is 6. The monoisotopic (exact) mass is 762 g/mol. The van der Waals surface area contributed by atoms with Crippen LogP contribution in [0.1, 0.15) is 0 Å². The minimum atomic E-state index is 1.12. The molecule has 0 unspecified atom stereocenters. The fraction of sp³-hybridized carbons (Fsp3) is 0. The summed E-state index contributed by atoms with van der Waals surface area (Å²) in [7, 11) is 0. The number of nitrogens with zero attached hydrogens (tertiary/aromatic N) is 2. The Balaban J connectivity index is 1.21. The van der Waals surface area contributed by atoms with Crippen molar-refractivity contribution in [2.75, 3.05) is 4.90 Å². The molecule has 0 saturated carbocycles. The Kier molecular flexibility index (Phi) is 7.89. The summed E-state index contributed by atoms with van der Waals surface area (Å²) in [5.41, 5.74) is 19.0. The molecule has 2 heteroatoms. The number of anilines is 3. The average molecular weight is 763 g/mol. The van der Waals surface area contributed by atoms with E-state index in [1.54, 1.807) is 0 Å². The third-order valence-electron chi connectivity index (χ3n) is 12.3. The van der Waals surface area contributed by atoms with Gasteiger partial charge in [0.15, 0.2) is 0 Å². The molecule has 11 aromatic rings. The molecule has 0 radical (unpaired) electrons. The summed E-state index contributed by atoms with van der Waals surface area (Å²) in [5, 5.41) is 4.96. The number of hydrogen-bond acceptors (Lipinski definition) is 1. The van der Waals surface area contributed by atoms with Crippen LogP contribution >= 0.6 is 0 Å². The summed E-state index contributed by atoms with van der Waals surface area (Å²) in [6, 6.07) is 84.3. The van der Waals surface area contributed by atoms with Gasteiger partial charge in [0.25, 0.3) is 0 Å². The maximum atomic E-state index is 2.52. The molecule has 1 aromatic heterocycles. The fourth-order valence-corrected chi connectivity index (χ4v) is 9.60. The van der Waals surface area contributed by atoms with E-state index in [-0.39, 0.29) is 0 Å². The highest BCUT2D eigenvalue weighted by molar-refractivity contribution is 6.26. The Morgan fingerprint density at radius 2 is 0.800 bits per heavy atom. The van der Waals surface area contributed by atoms with E-state index in [1.807, 2.05) is 0 Å². The summed E-state index contributed by atoms with van der Waals surface area (Å²) in [6.45, 7) is 0. The highest BCUT2D eigenvalue weighted by Crippen LogP contribution is 2.56. The third kappa shape index (κ3) is 5.42. The van der Waals surface area contributed by atoms with E-state index in [0.29, 0.717) is 0 Å². The van der Waals surface area contributed by atoms with E-state index >= 15 is 0 Å². The van der Waals surface area contributed by atoms with Crippen molar-refractivity contribution in [2.45, 2.75) is 0 Å². The molecule has 0 fully saturated rings. The molecular formula is C58H38N2. The Hall–Kier alpha value is -7.94. The maximum absolute atomic E-state index is 2.52. The van der Waals surface area contributed by atoms with Gasteiger partial charge < -0.3 is 9.47 Å². The lowest BCUT2D eigenvalue weighted by Crippen LogP contribution is -2.15. The van der Waals surface area contributed by atoms with Gasteiger partial charge in [0.05, 0.1) is 22.4 Å². The second kappa shape index (κ2) is 13.9. The first kappa shape index (κ1) is 34.1. The molecule has 0 bridgehead atoms. The number of hydrogen-bond donors (Lipinski definition) is 0. The Morgan fingerprint density at radius 3 is 1.43 bits per heavy atom. The van der Waals surface area contributed by atoms with Gasteiger partial charge in [-0.15, -0.1) is 0 Å². The molecule has 0 atom stereocenters. The summed E-state index contributed by atoms with van der Waals surface area (Å²) in [4.78, 5) is 2.52. The zero-order valence-electron chi connectivity index (χ0n) is 32.8. The molecular weight excluding hydrogens is 725 g/mol. The fourth-order valence-electron chi connectivity index (χ4n) is 9.60. The van der Waals surface area contributed by atoms with Gasteiger partial charge in [0.2, 0.25) is 0 Å². The Labute approximate surface area is 349 Å². The van der Waals surface area contributed by atoms with Gasteiger partial charge in [-0.05, 0) is 110 Å². The quantitative estimate of drug-likeness (QED) is 0.164. The van der Waals surface area contributed by atoms with Gasteiger partial charge in [-0.3, -0.25) is 0 Å². The van der Waals surface area contributed by atoms with E-state index < -0.39 is 0 Å². The highest BCUT2D eigenvalue weighted by atomic mass is 15.2. The molecule has 2 heterocycles. The molecule has 10 aromatic carbocycles. The van der Waals surface area contributed by atoms with Crippen LogP contribution in [0.2, 0.25) is 0 Å². The normalized spacial score (nSPS) is 12.0. The minimum Gasteiger partial charge on any atom is -0.309 e. The first-order valence-corrected chi connectivity index (χ1v) is 20.7. The van der Waals surface area contributed by atoms with Gasteiger partial charge in [0, 0.05) is 33.1 Å². The van der Waals surface area contributed by atoms with Crippen LogP contribution in [-0.2, 0) is 0 Å². The van der Waals surface area contributed by atoms with Crippen molar-refractivity contribution in [2.24, 2.45) is 0 Å². The third-order valence-corrected chi connectivity index (χ3v) is 12.3. The van der Waals surface area contributed by atoms with Crippen molar-refractivity contribution in [3.8, 4) is 61.3 Å². The SMILES string of the molecule is c1ccc(-c2cc(-c3ccccc3)cc(-n3c4ccc(-c5ccccc5)cc4c4c5c(ccc43)-c3ccc(-c4ccccc4)c4cccc(c34)N5c3ccccc3)c2)cc1. The number of para-hydroxylation sites is 1. The Morgan fingerprint density at radius 1 is 0.267 bits per heavy atom. The molecule has 0 amide bonds. The maximum Gasteiger partial charge on any atom is 0.0640 e. The van der Waals surface area contributed by atoms with Crippen molar-refractivity contribution >= 4 is 49.6 Å². The zero-order chi connectivity index (χ0) is 39.6. The summed E-state index contributed by atoms with van der Waals surface area (Å²) in [5.74, 6) is 0. The van der Waals surface area contributed by atoms with Crippen molar-refractivity contribution in [1.82, 2.24) is 4.57 Å². The van der Waals surface area contributed by atoms with Crippen molar-refractivity contribution in [1.29, 1.82) is 0 Å². The second-order valence-corrected chi connectivity index (χ2v) is 15.7. The predicted octanol–water partition coefficient (Wildman–Crippen LogP) is 16.1. The zero-order valence-corrected chi connectivity index (χ0v) is 32.8. The van der Waals surface area contributed by atoms with E-state index in [9.17, 15) is 0 Å². The van der Waals surface area contributed by atoms with Gasteiger partial charge in [-0.25, -0.2) is 0 Å². The molecule has 12 rings (SSSR count). The lowest BCUT2D eigenvalue weighted by molar-refractivity contribution is 1.18. The van der Waals surface area contributed by atoms with Gasteiger partial charge in [-0.1, -0.05) is 176 Å². The van der Waals surface area contributed by atoms with Crippen molar-refractivity contribution < 1.29 is 0 Å². The smallest absolute Gasteiger partial charge is 0.0640 e. The molecule has 280 valence electrons. The molecule has 0 N–H and O–H groups in total. The van der Waals surface area contributed by atoms with Gasteiger partial charge in [-0.2, -0.15) is 0 Å². The van der Waals surface area contributed by atoms with Crippen LogP contribution in [0.4, 0.5) is 17.1 Å². The van der Waals surface area contributed by atoms with Gasteiger partial charge >= 0.3 is 0 Å². The predicted molar refractivity (Wildman–Crippen MR) is 254 cm³/mol. The lowest BCUT2D eigenvalue weighted by atomic mass is 9.86. The molecule has 2 nitrogen and oxygen atoms in total. The largest absolute Gasteiger partial charge is 0.309 e. The standard InChI is InChI=1S/C58H38N2/c1-6-17-39(18-7-1)43-29-33-53-52(38-43)57-55(59(53)47-36-44(40-19-8-2-9-20-40)35-45(37-47)41-21-10-3-11-22-41)34-32-51-50-31-30-48(42-23-12-4-13-24-42)49-27-16-28-54(56(49)50)60(58(51)57)46-25-14-5-15-26-46/h1-38H. The van der Waals surface area contributed by atoms with E-state index in [1.165, 1.54) is 94.1 Å². The van der Waals surface area contributed by atoms with Crippen LogP contribution in [0.25, 0.3) is 93.9 Å². The highest BCUT2D eigenvalue weighted by Gasteiger charge is 2.31. The summed E-state index contributed by atoms with van der Waals surface area (Å²) < 4.78 is 2.50. The van der Waals surface area contributed by atoms with E-state index in [2.05, 4.69) is 240 Å². The molecule has 1 aliphatic heterocycles. The minimum absolute atomic E-state index is 1.12. The van der Waals surface area contributed by atoms with E-state index in [4.69, 9.17) is 0 Å². The van der Waals surface area contributed by atoms with Crippen molar-refractivity contribution in [3.05, 3.63) is 231 Å². The number of fused-ring (bicyclic) bond motifs is 6. The topological polar surface area (TPSA) is 8.17 Å². The first-order chi connectivity index (χ1) is 29.8. The van der Waals surface area contributed by atoms with Crippen LogP contribution in [0.15, 0.2) is 231 Å². The number of benzene rings is 10. The van der Waals surface area contributed by atoms with Gasteiger partial charge in [0.1, 0.15) is 0 Å². The van der Waals surface area contributed by atoms with Crippen molar-refractivity contribution in [3.63, 3.8) is 0 Å². The molecule has 60 heavy (non-hydrogen) atoms. The summed E-state index contributed by atoms with van der Waals surface area (Å²) in [6.07, 6.45) is 0. The van der Waals surface area contributed by atoms with Crippen LogP contribution < -0.4 is 4.90 Å². The first-order valence-electron chi connectivity index (χ1n) is 20.7. The summed E-state index contributed by atoms with van der Waals surface area (Å²) >= 11 is 0. The molecule has 0 saturated heterocycles. The lowest BCUT2D eigenvalue weighted by Gasteiger charge is -2.34. The van der Waals surface area contributed by atoms with Crippen LogP contribution in [-0.4, -0.2) is 4.57 Å². The van der Waals surface area contributed by atoms with E-state index in [0.717, 1.165) is 16.9 Å². The molecule has 1 aliphatic rings.